The van der Waals surface area contributed by atoms with E-state index in [9.17, 15) is 13.2 Å². The van der Waals surface area contributed by atoms with Crippen molar-refractivity contribution in [3.05, 3.63) is 54.1 Å². The monoisotopic (exact) mass is 455 g/mol. The number of anilines is 1. The molecule has 0 saturated carbocycles. The van der Waals surface area contributed by atoms with Gasteiger partial charge in [0.05, 0.1) is 16.8 Å². The molecule has 166 valence electrons. The van der Waals surface area contributed by atoms with Gasteiger partial charge in [-0.1, -0.05) is 23.3 Å². The molecule has 0 aliphatic rings. The molecule has 0 unspecified atom stereocenters. The first kappa shape index (κ1) is 21.6. The van der Waals surface area contributed by atoms with Gasteiger partial charge in [0.1, 0.15) is 0 Å². The molecule has 10 heteroatoms. The molecule has 0 saturated heterocycles. The molecular weight excluding hydrogens is 434 g/mol. The van der Waals surface area contributed by atoms with Crippen LogP contribution in [0.5, 0.6) is 5.75 Å². The highest BCUT2D eigenvalue weighted by Crippen LogP contribution is 2.33. The fraction of sp³-hybridized carbons (Fsp3) is 0.227. The zero-order valence-corrected chi connectivity index (χ0v) is 18.5. The second-order valence-corrected chi connectivity index (χ2v) is 9.71. The molecule has 0 radical (unpaired) electrons. The Balaban J connectivity index is 1.56. The van der Waals surface area contributed by atoms with E-state index in [0.29, 0.717) is 23.7 Å². The summed E-state index contributed by atoms with van der Waals surface area (Å²) in [6, 6.07) is 12.9. The average molecular weight is 455 g/mol. The maximum absolute atomic E-state index is 12.6. The van der Waals surface area contributed by atoms with Gasteiger partial charge in [-0.3, -0.25) is 10.1 Å². The van der Waals surface area contributed by atoms with Crippen LogP contribution < -0.4 is 10.1 Å². The first-order valence-corrected chi connectivity index (χ1v) is 11.5. The number of fused-ring (bicyclic) bond motifs is 1. The summed E-state index contributed by atoms with van der Waals surface area (Å²) in [5.41, 5.74) is 0.702. The number of para-hydroxylation sites is 1. The van der Waals surface area contributed by atoms with Crippen molar-refractivity contribution in [1.29, 1.82) is 0 Å². The number of nitrogens with one attached hydrogen (secondary N) is 1. The number of carbonyl (C=O) groups excluding carboxylic acids is 1. The standard InChI is InChI=1S/C22H21N3O6S/c1-4-29-17-10-6-7-14-12-18(30-19(14)17)21-24-25-22(31-21)23-20(26)15-8-5-9-16(11-15)32(27,28)13(2)3/h5-13H,4H2,1-3H3,(H,23,25,26). The van der Waals surface area contributed by atoms with Crippen LogP contribution in [0.4, 0.5) is 6.01 Å². The molecule has 2 aromatic heterocycles. The molecule has 1 N–H and O–H groups in total. The number of furan rings is 1. The number of sulfone groups is 1. The first-order valence-electron chi connectivity index (χ1n) is 9.94. The summed E-state index contributed by atoms with van der Waals surface area (Å²) in [7, 11) is -3.51. The summed E-state index contributed by atoms with van der Waals surface area (Å²) in [6.45, 7) is 5.53. The van der Waals surface area contributed by atoms with Gasteiger partial charge in [-0.25, -0.2) is 8.42 Å². The molecule has 9 nitrogen and oxygen atoms in total. The van der Waals surface area contributed by atoms with Gasteiger partial charge in [0, 0.05) is 10.9 Å². The largest absolute Gasteiger partial charge is 0.490 e. The van der Waals surface area contributed by atoms with Crippen molar-refractivity contribution in [2.75, 3.05) is 11.9 Å². The van der Waals surface area contributed by atoms with E-state index in [1.165, 1.54) is 24.3 Å². The van der Waals surface area contributed by atoms with Crippen LogP contribution in [0, 0.1) is 0 Å². The highest BCUT2D eigenvalue weighted by atomic mass is 32.2. The zero-order chi connectivity index (χ0) is 22.9. The Morgan fingerprint density at radius 3 is 2.62 bits per heavy atom. The fourth-order valence-corrected chi connectivity index (χ4v) is 4.14. The summed E-state index contributed by atoms with van der Waals surface area (Å²) in [4.78, 5) is 12.7. The van der Waals surface area contributed by atoms with Gasteiger partial charge < -0.3 is 13.6 Å². The lowest BCUT2D eigenvalue weighted by Gasteiger charge is -2.09. The third-order valence-corrected chi connectivity index (χ3v) is 6.86. The number of hydrogen-bond acceptors (Lipinski definition) is 8. The van der Waals surface area contributed by atoms with E-state index in [1.807, 2.05) is 19.1 Å². The minimum atomic E-state index is -3.51. The molecule has 0 bridgehead atoms. The summed E-state index contributed by atoms with van der Waals surface area (Å²) >= 11 is 0. The number of rotatable bonds is 7. The van der Waals surface area contributed by atoms with Crippen molar-refractivity contribution in [2.45, 2.75) is 30.9 Å². The molecule has 2 aromatic carbocycles. The summed E-state index contributed by atoms with van der Waals surface area (Å²) < 4.78 is 41.6. The second kappa shape index (κ2) is 8.46. The maximum Gasteiger partial charge on any atom is 0.322 e. The van der Waals surface area contributed by atoms with Gasteiger partial charge in [-0.2, -0.15) is 0 Å². The molecule has 32 heavy (non-hydrogen) atoms. The highest BCUT2D eigenvalue weighted by molar-refractivity contribution is 7.92. The van der Waals surface area contributed by atoms with E-state index < -0.39 is 21.0 Å². The van der Waals surface area contributed by atoms with Gasteiger partial charge in [0.25, 0.3) is 11.8 Å². The number of nitrogens with zero attached hydrogens (tertiary/aromatic N) is 2. The van der Waals surface area contributed by atoms with Crippen LogP contribution >= 0.6 is 0 Å². The summed E-state index contributed by atoms with van der Waals surface area (Å²) in [5.74, 6) is 0.421. The second-order valence-electron chi connectivity index (χ2n) is 7.21. The van der Waals surface area contributed by atoms with Crippen molar-refractivity contribution < 1.29 is 26.8 Å². The van der Waals surface area contributed by atoms with Crippen LogP contribution in [0.15, 0.2) is 62.3 Å². The topological polar surface area (TPSA) is 125 Å². The number of hydrogen-bond donors (Lipinski definition) is 1. The SMILES string of the molecule is CCOc1cccc2cc(-c3nnc(NC(=O)c4cccc(S(=O)(=O)C(C)C)c4)o3)oc12. The Morgan fingerprint density at radius 2 is 1.88 bits per heavy atom. The van der Waals surface area contributed by atoms with Gasteiger partial charge in [0.15, 0.2) is 26.9 Å². The number of amides is 1. The lowest BCUT2D eigenvalue weighted by molar-refractivity contribution is 0.102. The van der Waals surface area contributed by atoms with E-state index >= 15 is 0 Å². The van der Waals surface area contributed by atoms with Crippen LogP contribution in [0.3, 0.4) is 0 Å². The molecule has 2 heterocycles. The number of aromatic nitrogens is 2. The normalized spacial score (nSPS) is 11.8. The van der Waals surface area contributed by atoms with E-state index in [-0.39, 0.29) is 22.4 Å². The number of ether oxygens (including phenoxy) is 1. The fourth-order valence-electron chi connectivity index (χ4n) is 3.04. The predicted octanol–water partition coefficient (Wildman–Crippen LogP) is 4.32. The van der Waals surface area contributed by atoms with Crippen molar-refractivity contribution in [3.63, 3.8) is 0 Å². The Kier molecular flexibility index (Phi) is 5.70. The molecule has 0 aliphatic heterocycles. The average Bonchev–Trinajstić information content (AvgIpc) is 3.41. The first-order chi connectivity index (χ1) is 15.3. The smallest absolute Gasteiger partial charge is 0.322 e. The maximum atomic E-state index is 12.6. The quantitative estimate of drug-likeness (QED) is 0.437. The van der Waals surface area contributed by atoms with Gasteiger partial charge in [-0.05, 0) is 51.1 Å². The lowest BCUT2D eigenvalue weighted by atomic mass is 10.2. The van der Waals surface area contributed by atoms with Crippen LogP contribution in [0.25, 0.3) is 22.6 Å². The Labute approximate surface area is 184 Å². The number of benzene rings is 2. The Hall–Kier alpha value is -3.66. The number of carbonyl (C=O) groups is 1. The molecule has 4 aromatic rings. The van der Waals surface area contributed by atoms with Crippen molar-refractivity contribution in [2.24, 2.45) is 0 Å². The van der Waals surface area contributed by atoms with Gasteiger partial charge in [-0.15, -0.1) is 5.10 Å². The van der Waals surface area contributed by atoms with Crippen LogP contribution in [0.1, 0.15) is 31.1 Å². The van der Waals surface area contributed by atoms with Crippen molar-refractivity contribution in [3.8, 4) is 17.4 Å². The van der Waals surface area contributed by atoms with Crippen LogP contribution in [-0.4, -0.2) is 36.4 Å². The van der Waals surface area contributed by atoms with Crippen LogP contribution in [-0.2, 0) is 9.84 Å². The van der Waals surface area contributed by atoms with Gasteiger partial charge >= 0.3 is 6.01 Å². The third kappa shape index (κ3) is 4.09. The molecular formula is C22H21N3O6S. The molecule has 0 atom stereocenters. The molecule has 0 fully saturated rings. The minimum Gasteiger partial charge on any atom is -0.490 e. The van der Waals surface area contributed by atoms with Crippen molar-refractivity contribution in [1.82, 2.24) is 10.2 Å². The molecule has 0 spiro atoms. The zero-order valence-electron chi connectivity index (χ0n) is 17.7. The van der Waals surface area contributed by atoms with Gasteiger partial charge in [0.2, 0.25) is 0 Å². The third-order valence-electron chi connectivity index (χ3n) is 4.71. The molecule has 0 aliphatic carbocycles. The van der Waals surface area contributed by atoms with E-state index in [0.717, 1.165) is 5.39 Å². The molecule has 1 amide bonds. The van der Waals surface area contributed by atoms with E-state index in [2.05, 4.69) is 15.5 Å². The van der Waals surface area contributed by atoms with E-state index in [4.69, 9.17) is 13.6 Å². The predicted molar refractivity (Wildman–Crippen MR) is 117 cm³/mol. The van der Waals surface area contributed by atoms with Crippen molar-refractivity contribution >= 4 is 32.7 Å². The highest BCUT2D eigenvalue weighted by Gasteiger charge is 2.21. The van der Waals surface area contributed by atoms with E-state index in [1.54, 1.807) is 26.0 Å². The minimum absolute atomic E-state index is 0.0683. The Morgan fingerprint density at radius 1 is 1.09 bits per heavy atom. The Bertz CT molecular complexity index is 1390. The lowest BCUT2D eigenvalue weighted by Crippen LogP contribution is -2.16. The van der Waals surface area contributed by atoms with Crippen LogP contribution in [0.2, 0.25) is 0 Å². The molecule has 4 rings (SSSR count). The summed E-state index contributed by atoms with van der Waals surface area (Å²) in [5, 5.41) is 10.4. The summed E-state index contributed by atoms with van der Waals surface area (Å²) in [6.07, 6.45) is 0.